The van der Waals surface area contributed by atoms with Gasteiger partial charge in [-0.2, -0.15) is 0 Å². The van der Waals surface area contributed by atoms with Crippen molar-refractivity contribution in [2.75, 3.05) is 0 Å². The van der Waals surface area contributed by atoms with Crippen LogP contribution in [-0.2, 0) is 0 Å². The molecule has 0 aliphatic carbocycles. The summed E-state index contributed by atoms with van der Waals surface area (Å²) in [7, 11) is 0. The molecule has 0 bridgehead atoms. The van der Waals surface area contributed by atoms with Gasteiger partial charge >= 0.3 is 75.4 Å². The molecule has 0 atom stereocenters. The number of hydrogen-bond acceptors (Lipinski definition) is 0. The van der Waals surface area contributed by atoms with Crippen LogP contribution in [0.4, 0.5) is 0 Å². The summed E-state index contributed by atoms with van der Waals surface area (Å²) in [5.41, 5.74) is 1.19. The van der Waals surface area contributed by atoms with Gasteiger partial charge in [-0.05, 0) is 0 Å². The molecule has 2 aromatic rings. The second kappa shape index (κ2) is 4.67. The Morgan fingerprint density at radius 1 is 1.00 bits per heavy atom. The van der Waals surface area contributed by atoms with Crippen LogP contribution < -0.4 is 12.4 Å². The monoisotopic (exact) mass is 296 g/mol. The third-order valence-corrected chi connectivity index (χ3v) is 2.96. The predicted molar refractivity (Wildman–Crippen MR) is 45.5 cm³/mol. The zero-order valence-electron chi connectivity index (χ0n) is 6.24. The fourth-order valence-corrected chi connectivity index (χ4v) is 2.34. The van der Waals surface area contributed by atoms with E-state index in [4.69, 9.17) is 2.76 Å². The van der Waals surface area contributed by atoms with Crippen molar-refractivity contribution in [2.45, 2.75) is 0 Å². The van der Waals surface area contributed by atoms with Crippen LogP contribution in [0.1, 0.15) is 0 Å². The SMILES string of the molecule is [Cl-].c1ccc(-c2cc[te][o+]2)cc1. The van der Waals surface area contributed by atoms with Gasteiger partial charge in [0.15, 0.2) is 0 Å². The third kappa shape index (κ3) is 2.10. The number of halogens is 1. The van der Waals surface area contributed by atoms with Crippen molar-refractivity contribution < 1.29 is 15.2 Å². The summed E-state index contributed by atoms with van der Waals surface area (Å²) in [6, 6.07) is 12.3. The second-order valence-corrected chi connectivity index (χ2v) is 4.01. The Morgan fingerprint density at radius 3 is 2.33 bits per heavy atom. The first kappa shape index (κ1) is 9.80. The Bertz CT molecular complexity index is 318. The standard InChI is InChI=1S/C9H7OTe.ClH/c1-2-4-8(5-3-1)9-6-7-11-10-9;/h1-7H;1H/q+1;/p-1. The van der Waals surface area contributed by atoms with Crippen molar-refractivity contribution in [2.24, 2.45) is 0 Å². The molecule has 0 unspecified atom stereocenters. The van der Waals surface area contributed by atoms with Gasteiger partial charge in [-0.1, -0.05) is 0 Å². The van der Waals surface area contributed by atoms with E-state index < -0.39 is 0 Å². The average molecular weight is 294 g/mol. The van der Waals surface area contributed by atoms with Crippen LogP contribution >= 0.6 is 0 Å². The molecule has 0 saturated carbocycles. The predicted octanol–water partition coefficient (Wildman–Crippen LogP) is -0.711. The van der Waals surface area contributed by atoms with E-state index in [1.165, 1.54) is 5.56 Å². The van der Waals surface area contributed by atoms with Crippen molar-refractivity contribution in [3.05, 3.63) is 40.5 Å². The molecule has 1 aromatic carbocycles. The molecule has 3 heteroatoms. The molecule has 2 rings (SSSR count). The summed E-state index contributed by atoms with van der Waals surface area (Å²) in [5.74, 6) is 1.04. The Hall–Kier alpha value is -0.290. The quantitative estimate of drug-likeness (QED) is 0.499. The van der Waals surface area contributed by atoms with Gasteiger partial charge in [0.05, 0.1) is 0 Å². The molecule has 0 saturated heterocycles. The molecule has 0 aliphatic heterocycles. The Kier molecular flexibility index (Phi) is 3.81. The fourth-order valence-electron chi connectivity index (χ4n) is 0.944. The molecule has 12 heavy (non-hydrogen) atoms. The molecule has 1 nitrogen and oxygen atoms in total. The first-order valence-electron chi connectivity index (χ1n) is 3.39. The van der Waals surface area contributed by atoms with E-state index in [1.54, 1.807) is 0 Å². The van der Waals surface area contributed by atoms with Crippen LogP contribution in [-0.4, -0.2) is 20.9 Å². The molecule has 0 N–H and O–H groups in total. The van der Waals surface area contributed by atoms with Gasteiger partial charge < -0.3 is 12.4 Å². The van der Waals surface area contributed by atoms with Crippen LogP contribution in [0.5, 0.6) is 0 Å². The van der Waals surface area contributed by atoms with Crippen molar-refractivity contribution in [1.82, 2.24) is 0 Å². The maximum absolute atomic E-state index is 5.47. The Morgan fingerprint density at radius 2 is 1.75 bits per heavy atom. The van der Waals surface area contributed by atoms with Gasteiger partial charge in [0.1, 0.15) is 0 Å². The zero-order valence-corrected chi connectivity index (χ0v) is 9.32. The van der Waals surface area contributed by atoms with Gasteiger partial charge in [-0.25, -0.2) is 0 Å². The van der Waals surface area contributed by atoms with E-state index in [1.807, 2.05) is 18.2 Å². The summed E-state index contributed by atoms with van der Waals surface area (Å²) in [6.45, 7) is 0. The summed E-state index contributed by atoms with van der Waals surface area (Å²) in [4.78, 5) is 0. The molecule has 0 amide bonds. The van der Waals surface area contributed by atoms with Crippen molar-refractivity contribution in [3.63, 3.8) is 0 Å². The summed E-state index contributed by atoms with van der Waals surface area (Å²) in [6.07, 6.45) is 0. The first-order chi connectivity index (χ1) is 5.47. The van der Waals surface area contributed by atoms with Crippen LogP contribution in [0.15, 0.2) is 43.2 Å². The van der Waals surface area contributed by atoms with E-state index in [0.29, 0.717) is 0 Å². The molecule has 0 fully saturated rings. The van der Waals surface area contributed by atoms with Crippen LogP contribution in [0.25, 0.3) is 11.3 Å². The Labute approximate surface area is 87.6 Å². The molecular weight excluding hydrogens is 287 g/mol. The second-order valence-electron chi connectivity index (χ2n) is 2.21. The van der Waals surface area contributed by atoms with E-state index >= 15 is 0 Å². The first-order valence-corrected chi connectivity index (χ1v) is 5.69. The van der Waals surface area contributed by atoms with Gasteiger partial charge in [0, 0.05) is 0 Å². The van der Waals surface area contributed by atoms with E-state index in [-0.39, 0.29) is 33.3 Å². The van der Waals surface area contributed by atoms with Gasteiger partial charge in [0.25, 0.3) is 0 Å². The summed E-state index contributed by atoms with van der Waals surface area (Å²) < 4.78 is 7.62. The van der Waals surface area contributed by atoms with E-state index in [9.17, 15) is 0 Å². The summed E-state index contributed by atoms with van der Waals surface area (Å²) in [5, 5.41) is 0. The van der Waals surface area contributed by atoms with Crippen molar-refractivity contribution in [3.8, 4) is 11.3 Å². The maximum atomic E-state index is 5.47. The molecular formula is C9H7ClOTe. The molecule has 1 heterocycles. The zero-order chi connectivity index (χ0) is 7.52. The molecule has 0 radical (unpaired) electrons. The topological polar surface area (TPSA) is 11.3 Å². The van der Waals surface area contributed by atoms with E-state index in [2.05, 4.69) is 22.3 Å². The number of rotatable bonds is 1. The normalized spacial score (nSPS) is 9.00. The van der Waals surface area contributed by atoms with Gasteiger partial charge in [-0.3, -0.25) is 0 Å². The third-order valence-electron chi connectivity index (χ3n) is 1.47. The summed E-state index contributed by atoms with van der Waals surface area (Å²) >= 11 is -0.297. The minimum atomic E-state index is -0.297. The number of hydrogen-bond donors (Lipinski definition) is 0. The van der Waals surface area contributed by atoms with Crippen LogP contribution in [0, 0.1) is 0 Å². The van der Waals surface area contributed by atoms with E-state index in [0.717, 1.165) is 5.76 Å². The van der Waals surface area contributed by atoms with Crippen LogP contribution in [0.3, 0.4) is 0 Å². The molecule has 0 spiro atoms. The molecule has 1 aromatic heterocycles. The number of benzene rings is 1. The minimum absolute atomic E-state index is 0. The average Bonchev–Trinajstić information content (AvgIpc) is 2.58. The Balaban J connectivity index is 0.000000720. The molecule has 62 valence electrons. The van der Waals surface area contributed by atoms with Crippen LogP contribution in [0.2, 0.25) is 0 Å². The fraction of sp³-hybridized carbons (Fsp3) is 0. The molecule has 0 aliphatic rings. The van der Waals surface area contributed by atoms with Gasteiger partial charge in [0.2, 0.25) is 0 Å². The van der Waals surface area contributed by atoms with Gasteiger partial charge in [-0.15, -0.1) is 0 Å². The van der Waals surface area contributed by atoms with Crippen molar-refractivity contribution >= 4 is 20.9 Å². The van der Waals surface area contributed by atoms with Crippen molar-refractivity contribution in [1.29, 1.82) is 0 Å².